The number of aryl methyl sites for hydroxylation is 2. The van der Waals surface area contributed by atoms with Crippen LogP contribution in [0.3, 0.4) is 0 Å². The Kier molecular flexibility index (Phi) is 4.21. The van der Waals surface area contributed by atoms with E-state index in [0.717, 1.165) is 5.46 Å². The molecule has 3 heterocycles. The van der Waals surface area contributed by atoms with Crippen LogP contribution in [0, 0.1) is 6.92 Å². The smallest absolute Gasteiger partial charge is 0.399 e. The molecule has 0 radical (unpaired) electrons. The molecule has 0 spiro atoms. The molecule has 1 saturated heterocycles. The predicted octanol–water partition coefficient (Wildman–Crippen LogP) is 1.53. The molecule has 2 aromatic rings. The van der Waals surface area contributed by atoms with Crippen LogP contribution in [0.25, 0.3) is 0 Å². The summed E-state index contributed by atoms with van der Waals surface area (Å²) < 4.78 is 13.7. The average molecular weight is 342 g/mol. The molecule has 7 nitrogen and oxygen atoms in total. The SMILES string of the molecule is Cc1nccc(Nc2cc(B3OC(C)(C)C(C)(C)O3)cn(C)c2=O)n1. The highest BCUT2D eigenvalue weighted by molar-refractivity contribution is 6.62. The minimum absolute atomic E-state index is 0.156. The molecular weight excluding hydrogens is 319 g/mol. The van der Waals surface area contributed by atoms with Crippen molar-refractivity contribution in [1.82, 2.24) is 14.5 Å². The Morgan fingerprint density at radius 2 is 1.84 bits per heavy atom. The molecule has 132 valence electrons. The minimum Gasteiger partial charge on any atom is -0.399 e. The standard InChI is InChI=1S/C17H23BN4O3/c1-11-19-8-7-14(20-11)21-13-9-12(10-22(6)15(13)23)18-24-16(2,3)17(4,5)25-18/h7-10H,1-6H3,(H,19,20,21). The highest BCUT2D eigenvalue weighted by Gasteiger charge is 2.51. The van der Waals surface area contributed by atoms with Crippen LogP contribution in [-0.4, -0.2) is 32.9 Å². The lowest BCUT2D eigenvalue weighted by Gasteiger charge is -2.32. The third kappa shape index (κ3) is 3.32. The van der Waals surface area contributed by atoms with Crippen molar-refractivity contribution >= 4 is 24.1 Å². The first-order valence-electron chi connectivity index (χ1n) is 8.22. The third-order valence-corrected chi connectivity index (χ3v) is 4.77. The fourth-order valence-corrected chi connectivity index (χ4v) is 2.60. The van der Waals surface area contributed by atoms with E-state index in [1.165, 1.54) is 4.57 Å². The lowest BCUT2D eigenvalue weighted by molar-refractivity contribution is 0.00578. The second-order valence-corrected chi connectivity index (χ2v) is 7.31. The maximum atomic E-state index is 12.5. The van der Waals surface area contributed by atoms with E-state index in [-0.39, 0.29) is 5.56 Å². The van der Waals surface area contributed by atoms with Crippen LogP contribution in [0.4, 0.5) is 11.5 Å². The Balaban J connectivity index is 1.96. The van der Waals surface area contributed by atoms with Gasteiger partial charge in [0.05, 0.1) is 11.2 Å². The number of rotatable bonds is 3. The zero-order chi connectivity index (χ0) is 18.4. The third-order valence-electron chi connectivity index (χ3n) is 4.77. The molecule has 0 saturated carbocycles. The van der Waals surface area contributed by atoms with Crippen molar-refractivity contribution in [3.63, 3.8) is 0 Å². The summed E-state index contributed by atoms with van der Waals surface area (Å²) in [5, 5.41) is 3.06. The minimum atomic E-state index is -0.538. The maximum absolute atomic E-state index is 12.5. The molecule has 0 atom stereocenters. The van der Waals surface area contributed by atoms with Crippen molar-refractivity contribution in [3.05, 3.63) is 40.7 Å². The predicted molar refractivity (Wildman–Crippen MR) is 97.5 cm³/mol. The highest BCUT2D eigenvalue weighted by atomic mass is 16.7. The van der Waals surface area contributed by atoms with E-state index in [1.54, 1.807) is 38.5 Å². The van der Waals surface area contributed by atoms with E-state index >= 15 is 0 Å². The molecule has 1 N–H and O–H groups in total. The second kappa shape index (κ2) is 5.96. The fraction of sp³-hybridized carbons (Fsp3) is 0.471. The van der Waals surface area contributed by atoms with Gasteiger partial charge in [0.2, 0.25) is 0 Å². The van der Waals surface area contributed by atoms with Crippen molar-refractivity contribution in [2.24, 2.45) is 7.05 Å². The molecule has 3 rings (SSSR count). The van der Waals surface area contributed by atoms with Gasteiger partial charge in [0.15, 0.2) is 0 Å². The zero-order valence-corrected chi connectivity index (χ0v) is 15.5. The zero-order valence-electron chi connectivity index (χ0n) is 15.5. The van der Waals surface area contributed by atoms with Gasteiger partial charge in [-0.3, -0.25) is 4.79 Å². The monoisotopic (exact) mass is 342 g/mol. The molecule has 2 aromatic heterocycles. The van der Waals surface area contributed by atoms with E-state index in [9.17, 15) is 4.79 Å². The normalized spacial score (nSPS) is 18.4. The van der Waals surface area contributed by atoms with Gasteiger partial charge in [-0.25, -0.2) is 9.97 Å². The maximum Gasteiger partial charge on any atom is 0.496 e. The molecule has 8 heteroatoms. The summed E-state index contributed by atoms with van der Waals surface area (Å²) >= 11 is 0. The highest BCUT2D eigenvalue weighted by Crippen LogP contribution is 2.36. The van der Waals surface area contributed by atoms with E-state index in [2.05, 4.69) is 15.3 Å². The Morgan fingerprint density at radius 1 is 1.20 bits per heavy atom. The van der Waals surface area contributed by atoms with Gasteiger partial charge in [-0.1, -0.05) is 0 Å². The molecule has 1 fully saturated rings. The van der Waals surface area contributed by atoms with Crippen LogP contribution < -0.4 is 16.3 Å². The van der Waals surface area contributed by atoms with Crippen LogP contribution in [0.2, 0.25) is 0 Å². The van der Waals surface area contributed by atoms with Gasteiger partial charge < -0.3 is 19.2 Å². The first kappa shape index (κ1) is 17.6. The fourth-order valence-electron chi connectivity index (χ4n) is 2.60. The largest absolute Gasteiger partial charge is 0.496 e. The Labute approximate surface area is 147 Å². The molecule has 0 unspecified atom stereocenters. The number of nitrogens with one attached hydrogen (secondary N) is 1. The Hall–Kier alpha value is -2.19. The molecular formula is C17H23BN4O3. The molecule has 0 bridgehead atoms. The van der Waals surface area contributed by atoms with Gasteiger partial charge in [0, 0.05) is 24.9 Å². The van der Waals surface area contributed by atoms with Gasteiger partial charge in [-0.15, -0.1) is 0 Å². The van der Waals surface area contributed by atoms with Crippen molar-refractivity contribution < 1.29 is 9.31 Å². The summed E-state index contributed by atoms with van der Waals surface area (Å²) in [6.45, 7) is 9.79. The summed E-state index contributed by atoms with van der Waals surface area (Å²) in [5.41, 5.74) is 0.145. The van der Waals surface area contributed by atoms with Gasteiger partial charge in [0.1, 0.15) is 17.3 Å². The van der Waals surface area contributed by atoms with Gasteiger partial charge in [-0.2, -0.15) is 0 Å². The number of pyridine rings is 1. The molecule has 0 aromatic carbocycles. The topological polar surface area (TPSA) is 78.3 Å². The van der Waals surface area contributed by atoms with Crippen LogP contribution in [0.15, 0.2) is 29.3 Å². The number of anilines is 2. The molecule has 1 aliphatic heterocycles. The first-order valence-corrected chi connectivity index (χ1v) is 8.22. The van der Waals surface area contributed by atoms with Gasteiger partial charge in [0.25, 0.3) is 5.56 Å². The van der Waals surface area contributed by atoms with Gasteiger partial charge >= 0.3 is 7.12 Å². The van der Waals surface area contributed by atoms with Crippen molar-refractivity contribution in [2.75, 3.05) is 5.32 Å². The van der Waals surface area contributed by atoms with Crippen LogP contribution in [0.1, 0.15) is 33.5 Å². The summed E-state index contributed by atoms with van der Waals surface area (Å²) in [6.07, 6.45) is 3.38. The van der Waals surface area contributed by atoms with E-state index in [4.69, 9.17) is 9.31 Å². The quantitative estimate of drug-likeness (QED) is 0.853. The lowest BCUT2D eigenvalue weighted by Crippen LogP contribution is -2.41. The summed E-state index contributed by atoms with van der Waals surface area (Å²) in [6, 6.07) is 3.47. The van der Waals surface area contributed by atoms with Gasteiger partial charge in [-0.05, 0) is 46.8 Å². The van der Waals surface area contributed by atoms with Crippen molar-refractivity contribution in [2.45, 2.75) is 45.8 Å². The number of hydrogen-bond donors (Lipinski definition) is 1. The van der Waals surface area contributed by atoms with Crippen LogP contribution in [-0.2, 0) is 16.4 Å². The molecule has 1 aliphatic rings. The molecule has 0 amide bonds. The summed E-state index contributed by atoms with van der Waals surface area (Å²) in [5.74, 6) is 1.19. The van der Waals surface area contributed by atoms with E-state index in [1.807, 2.05) is 27.7 Å². The van der Waals surface area contributed by atoms with E-state index < -0.39 is 18.3 Å². The van der Waals surface area contributed by atoms with Crippen LogP contribution in [0.5, 0.6) is 0 Å². The Bertz CT molecular complexity index is 847. The van der Waals surface area contributed by atoms with Crippen molar-refractivity contribution in [1.29, 1.82) is 0 Å². The average Bonchev–Trinajstić information content (AvgIpc) is 2.72. The Morgan fingerprint density at radius 3 is 2.44 bits per heavy atom. The lowest BCUT2D eigenvalue weighted by atomic mass is 9.80. The summed E-state index contributed by atoms with van der Waals surface area (Å²) in [4.78, 5) is 20.8. The summed E-state index contributed by atoms with van der Waals surface area (Å²) in [7, 11) is 1.16. The van der Waals surface area contributed by atoms with Crippen molar-refractivity contribution in [3.8, 4) is 0 Å². The first-order chi connectivity index (χ1) is 11.6. The molecule has 25 heavy (non-hydrogen) atoms. The second-order valence-electron chi connectivity index (χ2n) is 7.31. The number of nitrogens with zero attached hydrogens (tertiary/aromatic N) is 3. The molecule has 0 aliphatic carbocycles. The van der Waals surface area contributed by atoms with Crippen LogP contribution >= 0.6 is 0 Å². The van der Waals surface area contributed by atoms with E-state index in [0.29, 0.717) is 17.3 Å². The number of aromatic nitrogens is 3. The number of hydrogen-bond acceptors (Lipinski definition) is 6.